The summed E-state index contributed by atoms with van der Waals surface area (Å²) in [5.74, 6) is 2.07. The molecule has 2 aliphatic carbocycles. The van der Waals surface area contributed by atoms with Crippen LogP contribution in [0.25, 0.3) is 0 Å². The minimum atomic E-state index is 0.594. The third kappa shape index (κ3) is 2.03. The summed E-state index contributed by atoms with van der Waals surface area (Å²) in [6, 6.07) is 0. The van der Waals surface area contributed by atoms with Crippen LogP contribution in [0.1, 0.15) is 70.6 Å². The highest BCUT2D eigenvalue weighted by Gasteiger charge is 2.49. The Labute approximate surface area is 100 Å². The topological polar surface area (TPSA) is 12.0 Å². The van der Waals surface area contributed by atoms with E-state index in [1.54, 1.807) is 0 Å². The van der Waals surface area contributed by atoms with Gasteiger partial charge < -0.3 is 5.32 Å². The van der Waals surface area contributed by atoms with Crippen LogP contribution in [-0.2, 0) is 0 Å². The SMILES string of the molecule is C1CCC(C2(C3CC3)CCCCCN2)CC1. The summed E-state index contributed by atoms with van der Waals surface area (Å²) in [6.45, 7) is 1.30. The molecule has 1 nitrogen and oxygen atoms in total. The van der Waals surface area contributed by atoms with Gasteiger partial charge in [0.2, 0.25) is 0 Å². The Kier molecular flexibility index (Phi) is 3.24. The standard InChI is InChI=1S/C15H27N/c1-3-7-13(8-4-1)15(14-9-10-14)11-5-2-6-12-16-15/h13-14,16H,1-12H2. The smallest absolute Gasteiger partial charge is 0.0237 e. The van der Waals surface area contributed by atoms with Gasteiger partial charge in [-0.3, -0.25) is 0 Å². The van der Waals surface area contributed by atoms with E-state index in [-0.39, 0.29) is 0 Å². The molecule has 0 radical (unpaired) electrons. The summed E-state index contributed by atoms with van der Waals surface area (Å²) in [6.07, 6.45) is 16.4. The molecule has 0 bridgehead atoms. The summed E-state index contributed by atoms with van der Waals surface area (Å²) in [7, 11) is 0. The first-order valence-corrected chi connectivity index (χ1v) is 7.67. The zero-order chi connectivity index (χ0) is 10.8. The molecule has 0 aromatic rings. The molecular weight excluding hydrogens is 194 g/mol. The molecule has 1 saturated heterocycles. The molecule has 1 atom stereocenters. The van der Waals surface area contributed by atoms with Crippen molar-refractivity contribution >= 4 is 0 Å². The lowest BCUT2D eigenvalue weighted by molar-refractivity contribution is 0.129. The highest BCUT2D eigenvalue weighted by molar-refractivity contribution is 5.06. The van der Waals surface area contributed by atoms with Gasteiger partial charge in [-0.25, -0.2) is 0 Å². The predicted molar refractivity (Wildman–Crippen MR) is 68.5 cm³/mol. The van der Waals surface area contributed by atoms with E-state index >= 15 is 0 Å². The van der Waals surface area contributed by atoms with Gasteiger partial charge in [-0.15, -0.1) is 0 Å². The normalized spacial score (nSPS) is 38.2. The molecule has 2 saturated carbocycles. The van der Waals surface area contributed by atoms with Gasteiger partial charge in [-0.05, 0) is 56.9 Å². The van der Waals surface area contributed by atoms with Crippen LogP contribution in [0.5, 0.6) is 0 Å². The lowest BCUT2D eigenvalue weighted by atomic mass is 9.69. The van der Waals surface area contributed by atoms with Crippen molar-refractivity contribution in [3.05, 3.63) is 0 Å². The van der Waals surface area contributed by atoms with E-state index < -0.39 is 0 Å². The second-order valence-corrected chi connectivity index (χ2v) is 6.39. The van der Waals surface area contributed by atoms with Gasteiger partial charge in [0.1, 0.15) is 0 Å². The van der Waals surface area contributed by atoms with Crippen molar-refractivity contribution in [2.75, 3.05) is 6.54 Å². The zero-order valence-electron chi connectivity index (χ0n) is 10.6. The molecule has 1 heteroatoms. The van der Waals surface area contributed by atoms with Gasteiger partial charge in [0.25, 0.3) is 0 Å². The van der Waals surface area contributed by atoms with Crippen molar-refractivity contribution in [3.63, 3.8) is 0 Å². The second-order valence-electron chi connectivity index (χ2n) is 6.39. The molecule has 0 amide bonds. The van der Waals surface area contributed by atoms with Crippen LogP contribution >= 0.6 is 0 Å². The Bertz CT molecular complexity index is 218. The molecular formula is C15H27N. The Morgan fingerprint density at radius 3 is 2.12 bits per heavy atom. The van der Waals surface area contributed by atoms with E-state index in [2.05, 4.69) is 5.32 Å². The van der Waals surface area contributed by atoms with E-state index in [9.17, 15) is 0 Å². The minimum absolute atomic E-state index is 0.594. The fraction of sp³-hybridized carbons (Fsp3) is 1.00. The summed E-state index contributed by atoms with van der Waals surface area (Å²) in [4.78, 5) is 0. The van der Waals surface area contributed by atoms with Crippen molar-refractivity contribution in [1.82, 2.24) is 5.32 Å². The molecule has 3 fully saturated rings. The third-order valence-corrected chi connectivity index (χ3v) is 5.36. The van der Waals surface area contributed by atoms with Gasteiger partial charge in [0, 0.05) is 5.54 Å². The zero-order valence-corrected chi connectivity index (χ0v) is 10.6. The minimum Gasteiger partial charge on any atom is -0.311 e. The number of rotatable bonds is 2. The molecule has 3 rings (SSSR count). The van der Waals surface area contributed by atoms with Crippen LogP contribution in [0.3, 0.4) is 0 Å². The predicted octanol–water partition coefficient (Wildman–Crippen LogP) is 3.88. The molecule has 0 aromatic carbocycles. The van der Waals surface area contributed by atoms with Crippen LogP contribution in [-0.4, -0.2) is 12.1 Å². The van der Waals surface area contributed by atoms with Crippen molar-refractivity contribution in [2.45, 2.75) is 76.2 Å². The van der Waals surface area contributed by atoms with Crippen molar-refractivity contribution < 1.29 is 0 Å². The molecule has 3 aliphatic rings. The average Bonchev–Trinajstić information content (AvgIpc) is 3.17. The van der Waals surface area contributed by atoms with Crippen LogP contribution in [0.4, 0.5) is 0 Å². The quantitative estimate of drug-likeness (QED) is 0.746. The summed E-state index contributed by atoms with van der Waals surface area (Å²) < 4.78 is 0. The van der Waals surface area contributed by atoms with Gasteiger partial charge in [-0.2, -0.15) is 0 Å². The summed E-state index contributed by atoms with van der Waals surface area (Å²) in [5.41, 5.74) is 0.594. The lowest BCUT2D eigenvalue weighted by Gasteiger charge is -2.44. The van der Waals surface area contributed by atoms with E-state index in [0.29, 0.717) is 5.54 Å². The Hall–Kier alpha value is -0.0400. The van der Waals surface area contributed by atoms with Gasteiger partial charge >= 0.3 is 0 Å². The van der Waals surface area contributed by atoms with Crippen LogP contribution in [0, 0.1) is 11.8 Å². The first-order chi connectivity index (χ1) is 7.92. The van der Waals surface area contributed by atoms with Crippen molar-refractivity contribution in [1.29, 1.82) is 0 Å². The van der Waals surface area contributed by atoms with E-state index in [0.717, 1.165) is 11.8 Å². The first-order valence-electron chi connectivity index (χ1n) is 7.67. The molecule has 1 heterocycles. The van der Waals surface area contributed by atoms with Crippen molar-refractivity contribution in [2.24, 2.45) is 11.8 Å². The van der Waals surface area contributed by atoms with Crippen LogP contribution < -0.4 is 5.32 Å². The third-order valence-electron chi connectivity index (χ3n) is 5.36. The first kappa shape index (κ1) is 11.1. The Morgan fingerprint density at radius 1 is 0.688 bits per heavy atom. The largest absolute Gasteiger partial charge is 0.311 e. The summed E-state index contributed by atoms with van der Waals surface area (Å²) >= 11 is 0. The summed E-state index contributed by atoms with van der Waals surface area (Å²) in [5, 5.41) is 4.03. The lowest BCUT2D eigenvalue weighted by Crippen LogP contribution is -2.53. The van der Waals surface area contributed by atoms with Crippen LogP contribution in [0.2, 0.25) is 0 Å². The van der Waals surface area contributed by atoms with Crippen molar-refractivity contribution in [3.8, 4) is 0 Å². The van der Waals surface area contributed by atoms with Gasteiger partial charge in [-0.1, -0.05) is 32.1 Å². The number of hydrogen-bond acceptors (Lipinski definition) is 1. The average molecular weight is 221 g/mol. The fourth-order valence-corrected chi connectivity index (χ4v) is 4.38. The highest BCUT2D eigenvalue weighted by atomic mass is 15.0. The van der Waals surface area contributed by atoms with E-state index in [1.807, 2.05) is 0 Å². The van der Waals surface area contributed by atoms with Gasteiger partial charge in [0.15, 0.2) is 0 Å². The van der Waals surface area contributed by atoms with Crippen LogP contribution in [0.15, 0.2) is 0 Å². The maximum atomic E-state index is 4.03. The number of hydrogen-bond donors (Lipinski definition) is 1. The molecule has 1 unspecified atom stereocenters. The van der Waals surface area contributed by atoms with Gasteiger partial charge in [0.05, 0.1) is 0 Å². The van der Waals surface area contributed by atoms with E-state index in [1.165, 1.54) is 77.2 Å². The fourth-order valence-electron chi connectivity index (χ4n) is 4.38. The second kappa shape index (κ2) is 4.68. The maximum Gasteiger partial charge on any atom is 0.0237 e. The number of nitrogens with one attached hydrogen (secondary N) is 1. The molecule has 16 heavy (non-hydrogen) atoms. The molecule has 1 aliphatic heterocycles. The molecule has 92 valence electrons. The maximum absolute atomic E-state index is 4.03. The molecule has 0 spiro atoms. The Morgan fingerprint density at radius 2 is 1.38 bits per heavy atom. The Balaban J connectivity index is 1.76. The monoisotopic (exact) mass is 221 g/mol. The molecule has 1 N–H and O–H groups in total. The highest BCUT2D eigenvalue weighted by Crippen LogP contribution is 2.50. The van der Waals surface area contributed by atoms with E-state index in [4.69, 9.17) is 0 Å². The molecule has 0 aromatic heterocycles.